The van der Waals surface area contributed by atoms with E-state index in [-0.39, 0.29) is 5.79 Å². The summed E-state index contributed by atoms with van der Waals surface area (Å²) in [4.78, 5) is 2.52. The monoisotopic (exact) mass is 298 g/mol. The van der Waals surface area contributed by atoms with Gasteiger partial charge in [0.05, 0.1) is 19.8 Å². The van der Waals surface area contributed by atoms with Gasteiger partial charge in [0.25, 0.3) is 0 Å². The number of hydrogen-bond donors (Lipinski definition) is 1. The van der Waals surface area contributed by atoms with Gasteiger partial charge in [-0.1, -0.05) is 6.92 Å². The van der Waals surface area contributed by atoms with E-state index >= 15 is 0 Å². The van der Waals surface area contributed by atoms with Crippen molar-refractivity contribution in [2.45, 2.75) is 62.9 Å². The van der Waals surface area contributed by atoms with Gasteiger partial charge in [-0.25, -0.2) is 0 Å². The zero-order valence-electron chi connectivity index (χ0n) is 13.5. The highest BCUT2D eigenvalue weighted by Gasteiger charge is 2.47. The fourth-order valence-corrected chi connectivity index (χ4v) is 4.00. The van der Waals surface area contributed by atoms with Gasteiger partial charge in [-0.2, -0.15) is 0 Å². The summed E-state index contributed by atoms with van der Waals surface area (Å²) >= 11 is 0. The summed E-state index contributed by atoms with van der Waals surface area (Å²) in [6.07, 6.45) is 5.43. The Morgan fingerprint density at radius 2 is 2.00 bits per heavy atom. The molecule has 0 aromatic rings. The molecule has 1 saturated carbocycles. The van der Waals surface area contributed by atoms with E-state index in [1.54, 1.807) is 0 Å². The third-order valence-corrected chi connectivity index (χ3v) is 5.30. The van der Waals surface area contributed by atoms with Crippen LogP contribution in [0.15, 0.2) is 0 Å². The van der Waals surface area contributed by atoms with Gasteiger partial charge < -0.3 is 19.5 Å². The van der Waals surface area contributed by atoms with Crippen molar-refractivity contribution in [3.05, 3.63) is 0 Å². The van der Waals surface area contributed by atoms with Crippen LogP contribution in [0, 0.1) is 0 Å². The fourth-order valence-electron chi connectivity index (χ4n) is 4.00. The fraction of sp³-hybridized carbons (Fsp3) is 1.00. The van der Waals surface area contributed by atoms with Gasteiger partial charge >= 0.3 is 0 Å². The Balaban J connectivity index is 1.68. The maximum Gasteiger partial charge on any atom is 0.170 e. The summed E-state index contributed by atoms with van der Waals surface area (Å²) in [6.45, 7) is 6.57. The highest BCUT2D eigenvalue weighted by atomic mass is 16.7. The van der Waals surface area contributed by atoms with Crippen molar-refractivity contribution in [1.29, 1.82) is 0 Å². The highest BCUT2D eigenvalue weighted by Crippen LogP contribution is 2.38. The van der Waals surface area contributed by atoms with Crippen molar-refractivity contribution in [1.82, 2.24) is 10.2 Å². The smallest absolute Gasteiger partial charge is 0.170 e. The topological polar surface area (TPSA) is 43.0 Å². The number of nitrogens with one attached hydrogen (secondary N) is 1. The van der Waals surface area contributed by atoms with Gasteiger partial charge in [0.2, 0.25) is 0 Å². The molecule has 5 nitrogen and oxygen atoms in total. The maximum absolute atomic E-state index is 5.97. The Labute approximate surface area is 128 Å². The second kappa shape index (κ2) is 6.92. The lowest BCUT2D eigenvalue weighted by Crippen LogP contribution is -2.59. The van der Waals surface area contributed by atoms with E-state index in [0.717, 1.165) is 58.7 Å². The predicted molar refractivity (Wildman–Crippen MR) is 81.3 cm³/mol. The van der Waals surface area contributed by atoms with E-state index in [4.69, 9.17) is 14.2 Å². The molecule has 0 aromatic carbocycles. The van der Waals surface area contributed by atoms with Gasteiger partial charge in [0, 0.05) is 37.6 Å². The van der Waals surface area contributed by atoms with E-state index in [0.29, 0.717) is 18.1 Å². The minimum Gasteiger partial charge on any atom is -0.380 e. The van der Waals surface area contributed by atoms with Crippen LogP contribution in [0.2, 0.25) is 0 Å². The number of likely N-dealkylation sites (N-methyl/N-ethyl adjacent to an activating group) is 1. The average molecular weight is 298 g/mol. The van der Waals surface area contributed by atoms with Crippen molar-refractivity contribution in [3.8, 4) is 0 Å². The molecule has 0 amide bonds. The van der Waals surface area contributed by atoms with Gasteiger partial charge in [-0.05, 0) is 32.9 Å². The molecule has 3 rings (SSSR count). The molecule has 0 aromatic heterocycles. The van der Waals surface area contributed by atoms with E-state index in [2.05, 4.69) is 24.2 Å². The minimum atomic E-state index is -0.317. The first-order chi connectivity index (χ1) is 10.2. The summed E-state index contributed by atoms with van der Waals surface area (Å²) in [5.41, 5.74) is 0. The summed E-state index contributed by atoms with van der Waals surface area (Å²) < 4.78 is 17.5. The quantitative estimate of drug-likeness (QED) is 0.830. The van der Waals surface area contributed by atoms with Gasteiger partial charge in [-0.15, -0.1) is 0 Å². The standard InChI is InChI=1S/C16H30N2O3/c1-3-7-17-14-4-6-16(20-9-10-21-16)11-15(14)18(2)13-5-8-19-12-13/h13-15,17H,3-12H2,1-2H3. The molecule has 1 aliphatic carbocycles. The van der Waals surface area contributed by atoms with Crippen LogP contribution in [0.4, 0.5) is 0 Å². The Morgan fingerprint density at radius 1 is 1.19 bits per heavy atom. The highest BCUT2D eigenvalue weighted by molar-refractivity contribution is 4.97. The third kappa shape index (κ3) is 3.42. The van der Waals surface area contributed by atoms with Crippen molar-refractivity contribution < 1.29 is 14.2 Å². The molecule has 2 saturated heterocycles. The lowest BCUT2D eigenvalue weighted by molar-refractivity contribution is -0.194. The summed E-state index contributed by atoms with van der Waals surface area (Å²) in [7, 11) is 2.25. The van der Waals surface area contributed by atoms with Crippen LogP contribution in [0.25, 0.3) is 0 Å². The molecule has 0 radical (unpaired) electrons. The number of ether oxygens (including phenoxy) is 3. The van der Waals surface area contributed by atoms with E-state index < -0.39 is 0 Å². The molecule has 3 atom stereocenters. The second-order valence-electron chi connectivity index (χ2n) is 6.66. The van der Waals surface area contributed by atoms with Crippen LogP contribution in [0.1, 0.15) is 39.0 Å². The Morgan fingerprint density at radius 3 is 2.67 bits per heavy atom. The normalized spacial score (nSPS) is 35.9. The molecule has 21 heavy (non-hydrogen) atoms. The Kier molecular flexibility index (Phi) is 5.17. The van der Waals surface area contributed by atoms with Crippen molar-refractivity contribution in [2.75, 3.05) is 40.0 Å². The SMILES string of the molecule is CCCNC1CCC2(CC1N(C)C1CCOC1)OCCO2. The molecule has 122 valence electrons. The molecule has 3 unspecified atom stereocenters. The van der Waals surface area contributed by atoms with Crippen molar-refractivity contribution in [3.63, 3.8) is 0 Å². The van der Waals surface area contributed by atoms with Crippen molar-refractivity contribution >= 4 is 0 Å². The molecule has 3 aliphatic rings. The lowest BCUT2D eigenvalue weighted by atomic mass is 9.84. The van der Waals surface area contributed by atoms with Crippen LogP contribution in [-0.4, -0.2) is 68.8 Å². The lowest BCUT2D eigenvalue weighted by Gasteiger charge is -2.46. The molecule has 0 bridgehead atoms. The predicted octanol–water partition coefficient (Wildman–Crippen LogP) is 1.37. The molecule has 1 N–H and O–H groups in total. The zero-order valence-corrected chi connectivity index (χ0v) is 13.5. The molecule has 2 heterocycles. The van der Waals surface area contributed by atoms with E-state index in [9.17, 15) is 0 Å². The van der Waals surface area contributed by atoms with Crippen LogP contribution in [-0.2, 0) is 14.2 Å². The maximum atomic E-state index is 5.97. The molecule has 2 aliphatic heterocycles. The zero-order chi connectivity index (χ0) is 14.7. The third-order valence-electron chi connectivity index (χ3n) is 5.30. The summed E-state index contributed by atoms with van der Waals surface area (Å²) in [6, 6.07) is 1.54. The average Bonchev–Trinajstić information content (AvgIpc) is 3.17. The molecule has 3 fully saturated rings. The van der Waals surface area contributed by atoms with Crippen LogP contribution < -0.4 is 5.32 Å². The van der Waals surface area contributed by atoms with Gasteiger partial charge in [-0.3, -0.25) is 4.90 Å². The summed E-state index contributed by atoms with van der Waals surface area (Å²) in [5.74, 6) is -0.317. The molecule has 1 spiro atoms. The van der Waals surface area contributed by atoms with Crippen LogP contribution in [0.3, 0.4) is 0 Å². The van der Waals surface area contributed by atoms with E-state index in [1.807, 2.05) is 0 Å². The minimum absolute atomic E-state index is 0.317. The van der Waals surface area contributed by atoms with Crippen LogP contribution in [0.5, 0.6) is 0 Å². The molecular formula is C16H30N2O3. The van der Waals surface area contributed by atoms with E-state index in [1.165, 1.54) is 6.42 Å². The Hall–Kier alpha value is -0.200. The van der Waals surface area contributed by atoms with Gasteiger partial charge in [0.1, 0.15) is 0 Å². The number of rotatable bonds is 5. The first-order valence-electron chi connectivity index (χ1n) is 8.55. The van der Waals surface area contributed by atoms with Gasteiger partial charge in [0.15, 0.2) is 5.79 Å². The number of hydrogen-bond acceptors (Lipinski definition) is 5. The first-order valence-corrected chi connectivity index (χ1v) is 8.55. The number of nitrogens with zero attached hydrogens (tertiary/aromatic N) is 1. The largest absolute Gasteiger partial charge is 0.380 e. The second-order valence-corrected chi connectivity index (χ2v) is 6.66. The summed E-state index contributed by atoms with van der Waals surface area (Å²) in [5, 5.41) is 3.74. The first kappa shape index (κ1) is 15.7. The Bertz CT molecular complexity index is 327. The van der Waals surface area contributed by atoms with Crippen molar-refractivity contribution in [2.24, 2.45) is 0 Å². The van der Waals surface area contributed by atoms with Crippen LogP contribution >= 0.6 is 0 Å². The molecule has 5 heteroatoms. The molecular weight excluding hydrogens is 268 g/mol.